The highest BCUT2D eigenvalue weighted by molar-refractivity contribution is 5.92. The molecule has 0 atom stereocenters. The minimum atomic E-state index is -4.59. The van der Waals surface area contributed by atoms with Crippen LogP contribution in [0.5, 0.6) is 0 Å². The highest BCUT2D eigenvalue weighted by atomic mass is 19.4. The minimum absolute atomic E-state index is 0.0243. The molecule has 0 aromatic carbocycles. The Hall–Kier alpha value is -4.84. The van der Waals surface area contributed by atoms with E-state index in [2.05, 4.69) is 41.2 Å². The lowest BCUT2D eigenvalue weighted by Gasteiger charge is -2.27. The van der Waals surface area contributed by atoms with Crippen molar-refractivity contribution in [2.45, 2.75) is 12.6 Å². The first-order valence-electron chi connectivity index (χ1n) is 12.9. The lowest BCUT2D eigenvalue weighted by Crippen LogP contribution is -2.36. The standard InChI is InChI=1S/C29H24F3N7O2/c30-29(31,32)25-15-22(4-6-33-25)37-27(40)11-18-1-2-23(35-16-18)21-12-20-13-24(38-28(20)36-17-21)19-3-5-34-26(14-19)39-7-9-41-10-8-39/h1-6,12-17H,7-11H2,(H,36,38)(H,33,37,40). The Bertz CT molecular complexity index is 1700. The number of carbonyl (C=O) groups is 1. The molecule has 2 N–H and O–H groups in total. The second-order valence-corrected chi connectivity index (χ2v) is 9.55. The van der Waals surface area contributed by atoms with Crippen LogP contribution in [0.4, 0.5) is 24.7 Å². The molecule has 208 valence electrons. The van der Waals surface area contributed by atoms with Crippen molar-refractivity contribution in [3.8, 4) is 22.5 Å². The average Bonchev–Trinajstić information content (AvgIpc) is 3.42. The number of ether oxygens (including phenoxy) is 1. The summed E-state index contributed by atoms with van der Waals surface area (Å²) in [5.41, 5.74) is 3.72. The topological polar surface area (TPSA) is 109 Å². The number of H-pyrrole nitrogens is 1. The maximum Gasteiger partial charge on any atom is 0.433 e. The molecule has 12 heteroatoms. The summed E-state index contributed by atoms with van der Waals surface area (Å²) in [5.74, 6) is 0.442. The first-order chi connectivity index (χ1) is 19.8. The van der Waals surface area contributed by atoms with Gasteiger partial charge in [0.2, 0.25) is 5.91 Å². The molecule has 0 spiro atoms. The molecule has 1 amide bonds. The van der Waals surface area contributed by atoms with Gasteiger partial charge in [-0.15, -0.1) is 0 Å². The van der Waals surface area contributed by atoms with Gasteiger partial charge in [-0.25, -0.2) is 9.97 Å². The zero-order valence-corrected chi connectivity index (χ0v) is 21.7. The van der Waals surface area contributed by atoms with Crippen LogP contribution >= 0.6 is 0 Å². The molecule has 0 radical (unpaired) electrons. The highest BCUT2D eigenvalue weighted by Crippen LogP contribution is 2.30. The number of amides is 1. The van der Waals surface area contributed by atoms with Gasteiger partial charge in [0.05, 0.1) is 25.3 Å². The van der Waals surface area contributed by atoms with Gasteiger partial charge in [-0.1, -0.05) is 6.07 Å². The number of anilines is 2. The summed E-state index contributed by atoms with van der Waals surface area (Å²) in [4.78, 5) is 34.8. The van der Waals surface area contributed by atoms with E-state index >= 15 is 0 Å². The van der Waals surface area contributed by atoms with E-state index in [4.69, 9.17) is 4.74 Å². The van der Waals surface area contributed by atoms with Crippen LogP contribution in [0.1, 0.15) is 11.3 Å². The molecule has 0 bridgehead atoms. The van der Waals surface area contributed by atoms with Crippen molar-refractivity contribution in [2.75, 3.05) is 36.5 Å². The lowest BCUT2D eigenvalue weighted by atomic mass is 10.1. The van der Waals surface area contributed by atoms with Crippen LogP contribution in [0.25, 0.3) is 33.5 Å². The number of pyridine rings is 4. The molecule has 1 fully saturated rings. The van der Waals surface area contributed by atoms with Gasteiger partial charge in [-0.05, 0) is 48.0 Å². The third-order valence-corrected chi connectivity index (χ3v) is 6.68. The largest absolute Gasteiger partial charge is 0.433 e. The van der Waals surface area contributed by atoms with Crippen molar-refractivity contribution in [1.29, 1.82) is 0 Å². The maximum absolute atomic E-state index is 12.9. The number of alkyl halides is 3. The Labute approximate surface area is 232 Å². The van der Waals surface area contributed by atoms with Gasteiger partial charge < -0.3 is 19.9 Å². The van der Waals surface area contributed by atoms with E-state index in [1.54, 1.807) is 30.7 Å². The molecular formula is C29H24F3N7O2. The van der Waals surface area contributed by atoms with Crippen molar-refractivity contribution in [1.82, 2.24) is 24.9 Å². The number of morpholine rings is 1. The zero-order valence-electron chi connectivity index (χ0n) is 21.7. The molecule has 0 saturated carbocycles. The fourth-order valence-electron chi connectivity index (χ4n) is 4.62. The fraction of sp³-hybridized carbons (Fsp3) is 0.207. The quantitative estimate of drug-likeness (QED) is 0.297. The Morgan fingerprint density at radius 3 is 2.54 bits per heavy atom. The zero-order chi connectivity index (χ0) is 28.4. The number of carbonyl (C=O) groups excluding carboxylic acids is 1. The number of halogens is 3. The third-order valence-electron chi connectivity index (χ3n) is 6.68. The number of aromatic amines is 1. The van der Waals surface area contributed by atoms with E-state index in [1.165, 1.54) is 6.07 Å². The molecule has 9 nitrogen and oxygen atoms in total. The first-order valence-corrected chi connectivity index (χ1v) is 12.9. The maximum atomic E-state index is 12.9. The second kappa shape index (κ2) is 11.0. The average molecular weight is 560 g/mol. The SMILES string of the molecule is O=C(Cc1ccc(-c2cnc3[nH]c(-c4ccnc(N5CCOCC5)c4)cc3c2)nc1)Nc1ccnc(C(F)(F)F)c1. The van der Waals surface area contributed by atoms with Crippen molar-refractivity contribution in [2.24, 2.45) is 0 Å². The minimum Gasteiger partial charge on any atom is -0.378 e. The molecule has 1 aliphatic heterocycles. The molecule has 41 heavy (non-hydrogen) atoms. The van der Waals surface area contributed by atoms with Crippen molar-refractivity contribution in [3.05, 3.63) is 84.6 Å². The molecule has 0 unspecified atom stereocenters. The van der Waals surface area contributed by atoms with E-state index in [-0.39, 0.29) is 12.1 Å². The van der Waals surface area contributed by atoms with Gasteiger partial charge in [0, 0.05) is 65.8 Å². The van der Waals surface area contributed by atoms with E-state index in [9.17, 15) is 18.0 Å². The molecule has 0 aliphatic carbocycles. The second-order valence-electron chi connectivity index (χ2n) is 9.55. The van der Waals surface area contributed by atoms with Gasteiger partial charge in [-0.3, -0.25) is 14.8 Å². The van der Waals surface area contributed by atoms with Crippen LogP contribution in [0.15, 0.2) is 73.3 Å². The Kier molecular flexibility index (Phi) is 7.06. The number of nitrogens with one attached hydrogen (secondary N) is 2. The summed E-state index contributed by atoms with van der Waals surface area (Å²) in [6.07, 6.45) is 1.46. The van der Waals surface area contributed by atoms with Gasteiger partial charge in [-0.2, -0.15) is 13.2 Å². The van der Waals surface area contributed by atoms with E-state index in [1.807, 2.05) is 18.2 Å². The van der Waals surface area contributed by atoms with Crippen molar-refractivity contribution < 1.29 is 22.7 Å². The van der Waals surface area contributed by atoms with E-state index in [0.29, 0.717) is 24.5 Å². The fourth-order valence-corrected chi connectivity index (χ4v) is 4.62. The smallest absolute Gasteiger partial charge is 0.378 e. The molecule has 1 saturated heterocycles. The van der Waals surface area contributed by atoms with Crippen LogP contribution in [0.3, 0.4) is 0 Å². The van der Waals surface area contributed by atoms with E-state index in [0.717, 1.165) is 59.0 Å². The first kappa shape index (κ1) is 26.4. The number of fused-ring (bicyclic) bond motifs is 1. The Balaban J connectivity index is 1.14. The predicted octanol–water partition coefficient (Wildman–Crippen LogP) is 5.12. The van der Waals surface area contributed by atoms with Crippen LogP contribution in [-0.4, -0.2) is 57.1 Å². The van der Waals surface area contributed by atoms with E-state index < -0.39 is 17.8 Å². The monoisotopic (exact) mass is 559 g/mol. The van der Waals surface area contributed by atoms with Gasteiger partial charge in [0.1, 0.15) is 17.2 Å². The molecule has 6 rings (SSSR count). The Morgan fingerprint density at radius 1 is 0.927 bits per heavy atom. The predicted molar refractivity (Wildman–Crippen MR) is 147 cm³/mol. The molecule has 5 aromatic rings. The summed E-state index contributed by atoms with van der Waals surface area (Å²) in [7, 11) is 0. The van der Waals surface area contributed by atoms with Crippen molar-refractivity contribution in [3.63, 3.8) is 0 Å². The summed E-state index contributed by atoms with van der Waals surface area (Å²) in [6.45, 7) is 2.98. The van der Waals surface area contributed by atoms with Gasteiger partial charge in [0.25, 0.3) is 0 Å². The normalized spacial score (nSPS) is 13.9. The molecule has 1 aliphatic rings. The summed E-state index contributed by atoms with van der Waals surface area (Å²) < 4.78 is 44.1. The number of hydrogen-bond acceptors (Lipinski definition) is 7. The molecule has 5 aromatic heterocycles. The Morgan fingerprint density at radius 2 is 1.76 bits per heavy atom. The number of rotatable bonds is 6. The summed E-state index contributed by atoms with van der Waals surface area (Å²) in [5, 5.41) is 3.39. The third kappa shape index (κ3) is 6.02. The molecule has 6 heterocycles. The summed E-state index contributed by atoms with van der Waals surface area (Å²) >= 11 is 0. The van der Waals surface area contributed by atoms with Crippen LogP contribution in [-0.2, 0) is 22.1 Å². The number of nitrogens with zero attached hydrogens (tertiary/aromatic N) is 5. The van der Waals surface area contributed by atoms with Gasteiger partial charge in [0.15, 0.2) is 0 Å². The van der Waals surface area contributed by atoms with Crippen LogP contribution < -0.4 is 10.2 Å². The van der Waals surface area contributed by atoms with Crippen LogP contribution in [0, 0.1) is 0 Å². The lowest BCUT2D eigenvalue weighted by molar-refractivity contribution is -0.141. The van der Waals surface area contributed by atoms with Gasteiger partial charge >= 0.3 is 6.18 Å². The van der Waals surface area contributed by atoms with Crippen LogP contribution in [0.2, 0.25) is 0 Å². The molecular weight excluding hydrogens is 535 g/mol. The highest BCUT2D eigenvalue weighted by Gasteiger charge is 2.32. The van der Waals surface area contributed by atoms with Crippen molar-refractivity contribution >= 4 is 28.4 Å². The summed E-state index contributed by atoms with van der Waals surface area (Å²) in [6, 6.07) is 13.7. The number of aromatic nitrogens is 5. The number of hydrogen-bond donors (Lipinski definition) is 2.